The fourth-order valence-corrected chi connectivity index (χ4v) is 3.97. The van der Waals surface area contributed by atoms with Crippen LogP contribution in [0.15, 0.2) is 77.7 Å². The number of hydrogen-bond donors (Lipinski definition) is 1. The van der Waals surface area contributed by atoms with Gasteiger partial charge in [-0.15, -0.1) is 0 Å². The van der Waals surface area contributed by atoms with Crippen molar-refractivity contribution < 1.29 is 27.9 Å². The van der Waals surface area contributed by atoms with Crippen molar-refractivity contribution in [3.8, 4) is 5.75 Å². The summed E-state index contributed by atoms with van der Waals surface area (Å²) in [6, 6.07) is 18.2. The molecule has 172 valence electrons. The minimum absolute atomic E-state index is 0.0375. The maximum atomic E-state index is 13.8. The number of halogens is 2. The Hall–Kier alpha value is -3.98. The predicted octanol–water partition coefficient (Wildman–Crippen LogP) is 5.22. The summed E-state index contributed by atoms with van der Waals surface area (Å²) >= 11 is 0.723. The number of nitrogens with zero attached hydrogens (tertiary/aromatic N) is 1. The summed E-state index contributed by atoms with van der Waals surface area (Å²) in [5.41, 5.74) is 1.36. The number of thioether (sulfide) groups is 1. The highest BCUT2D eigenvalue weighted by atomic mass is 32.2. The lowest BCUT2D eigenvalue weighted by atomic mass is 10.2. The van der Waals surface area contributed by atoms with Crippen LogP contribution in [0.25, 0.3) is 6.08 Å². The lowest BCUT2D eigenvalue weighted by Gasteiger charge is -2.12. The molecule has 3 aromatic rings. The van der Waals surface area contributed by atoms with E-state index in [0.29, 0.717) is 22.6 Å². The van der Waals surface area contributed by atoms with E-state index >= 15 is 0 Å². The van der Waals surface area contributed by atoms with Gasteiger partial charge in [-0.05, 0) is 65.9 Å². The van der Waals surface area contributed by atoms with E-state index < -0.39 is 29.4 Å². The van der Waals surface area contributed by atoms with Gasteiger partial charge < -0.3 is 10.1 Å². The zero-order valence-electron chi connectivity index (χ0n) is 17.7. The highest BCUT2D eigenvalue weighted by molar-refractivity contribution is 8.18. The van der Waals surface area contributed by atoms with Gasteiger partial charge in [-0.1, -0.05) is 30.3 Å². The molecule has 0 bridgehead atoms. The molecular formula is C25H18F2N2O4S. The molecule has 0 spiro atoms. The molecule has 3 amide bonds. The number of hydrogen-bond acceptors (Lipinski definition) is 5. The standard InChI is InChI=1S/C25H18F2N2O4S/c26-18-8-10-19(11-9-18)28-23(30)14-29-24(31)22(34-25(29)32)13-16-4-3-6-20(12-16)33-15-17-5-1-2-7-21(17)27/h1-13H,14-15H2,(H,28,30)/b22-13+. The van der Waals surface area contributed by atoms with Gasteiger partial charge in [-0.2, -0.15) is 0 Å². The molecule has 4 rings (SSSR count). The summed E-state index contributed by atoms with van der Waals surface area (Å²) in [7, 11) is 0. The molecule has 1 N–H and O–H groups in total. The van der Waals surface area contributed by atoms with Gasteiger partial charge in [0.1, 0.15) is 30.5 Å². The number of carbonyl (C=O) groups is 3. The molecule has 0 radical (unpaired) electrons. The van der Waals surface area contributed by atoms with Crippen molar-refractivity contribution in [1.29, 1.82) is 0 Å². The molecule has 1 saturated heterocycles. The second-order valence-corrected chi connectivity index (χ2v) is 8.27. The topological polar surface area (TPSA) is 75.7 Å². The quantitative estimate of drug-likeness (QED) is 0.470. The number of amides is 3. The van der Waals surface area contributed by atoms with E-state index in [4.69, 9.17) is 4.74 Å². The van der Waals surface area contributed by atoms with Crippen LogP contribution in [0.4, 0.5) is 19.3 Å². The average molecular weight is 480 g/mol. The van der Waals surface area contributed by atoms with Gasteiger partial charge in [0.25, 0.3) is 11.1 Å². The molecular weight excluding hydrogens is 462 g/mol. The first kappa shape index (κ1) is 23.2. The van der Waals surface area contributed by atoms with Crippen LogP contribution in [0.5, 0.6) is 5.75 Å². The Bertz CT molecular complexity index is 1280. The second kappa shape index (κ2) is 10.3. The summed E-state index contributed by atoms with van der Waals surface area (Å²) in [6.07, 6.45) is 1.53. The monoisotopic (exact) mass is 480 g/mol. The summed E-state index contributed by atoms with van der Waals surface area (Å²) < 4.78 is 32.4. The minimum Gasteiger partial charge on any atom is -0.489 e. The maximum Gasteiger partial charge on any atom is 0.294 e. The first-order valence-electron chi connectivity index (χ1n) is 10.2. The minimum atomic E-state index is -0.595. The van der Waals surface area contributed by atoms with E-state index in [0.717, 1.165) is 16.7 Å². The molecule has 3 aromatic carbocycles. The van der Waals surface area contributed by atoms with E-state index in [-0.39, 0.29) is 17.3 Å². The van der Waals surface area contributed by atoms with Crippen molar-refractivity contribution in [2.45, 2.75) is 6.61 Å². The van der Waals surface area contributed by atoms with Crippen molar-refractivity contribution in [2.75, 3.05) is 11.9 Å². The fraction of sp³-hybridized carbons (Fsp3) is 0.0800. The molecule has 9 heteroatoms. The van der Waals surface area contributed by atoms with Gasteiger partial charge in [0.05, 0.1) is 4.91 Å². The third-order valence-corrected chi connectivity index (χ3v) is 5.72. The van der Waals surface area contributed by atoms with Gasteiger partial charge in [0, 0.05) is 11.3 Å². The van der Waals surface area contributed by atoms with Crippen LogP contribution in [-0.2, 0) is 16.2 Å². The predicted molar refractivity (Wildman–Crippen MR) is 125 cm³/mol. The van der Waals surface area contributed by atoms with Gasteiger partial charge in [-0.3, -0.25) is 19.3 Å². The molecule has 0 aromatic heterocycles. The Morgan fingerprint density at radius 1 is 1.00 bits per heavy atom. The van der Waals surface area contributed by atoms with E-state index in [1.165, 1.54) is 36.4 Å². The Labute approximate surface area is 198 Å². The first-order chi connectivity index (χ1) is 16.4. The van der Waals surface area contributed by atoms with Gasteiger partial charge >= 0.3 is 0 Å². The van der Waals surface area contributed by atoms with Crippen LogP contribution in [0, 0.1) is 11.6 Å². The van der Waals surface area contributed by atoms with E-state index in [1.54, 1.807) is 42.5 Å². The number of benzene rings is 3. The van der Waals surface area contributed by atoms with Gasteiger partial charge in [-0.25, -0.2) is 8.78 Å². The zero-order chi connectivity index (χ0) is 24.1. The molecule has 1 heterocycles. The molecule has 0 aliphatic carbocycles. The lowest BCUT2D eigenvalue weighted by Crippen LogP contribution is -2.36. The normalized spacial score (nSPS) is 14.5. The summed E-state index contributed by atoms with van der Waals surface area (Å²) in [6.45, 7) is -0.430. The average Bonchev–Trinajstić information content (AvgIpc) is 3.07. The summed E-state index contributed by atoms with van der Waals surface area (Å²) in [5, 5.41) is 1.95. The van der Waals surface area contributed by atoms with Crippen LogP contribution < -0.4 is 10.1 Å². The molecule has 34 heavy (non-hydrogen) atoms. The second-order valence-electron chi connectivity index (χ2n) is 7.28. The number of imide groups is 1. The van der Waals surface area contributed by atoms with Crippen molar-refractivity contribution in [3.63, 3.8) is 0 Å². The Balaban J connectivity index is 1.40. The molecule has 6 nitrogen and oxygen atoms in total. The Kier molecular flexibility index (Phi) is 7.03. The Morgan fingerprint density at radius 3 is 2.53 bits per heavy atom. The van der Waals surface area contributed by atoms with Crippen molar-refractivity contribution >= 4 is 40.6 Å². The maximum absolute atomic E-state index is 13.8. The lowest BCUT2D eigenvalue weighted by molar-refractivity contribution is -0.127. The molecule has 0 unspecified atom stereocenters. The number of carbonyl (C=O) groups excluding carboxylic acids is 3. The van der Waals surface area contributed by atoms with Crippen LogP contribution in [-0.4, -0.2) is 28.5 Å². The van der Waals surface area contributed by atoms with Crippen LogP contribution in [0.2, 0.25) is 0 Å². The summed E-state index contributed by atoms with van der Waals surface area (Å²) in [5.74, 6) is -1.53. The first-order valence-corrected chi connectivity index (χ1v) is 11.0. The number of anilines is 1. The SMILES string of the molecule is O=C(CN1C(=O)S/C(=C/c2cccc(OCc3ccccc3F)c2)C1=O)Nc1ccc(F)cc1. The van der Waals surface area contributed by atoms with E-state index in [1.807, 2.05) is 0 Å². The molecule has 1 aliphatic heterocycles. The zero-order valence-corrected chi connectivity index (χ0v) is 18.5. The summed E-state index contributed by atoms with van der Waals surface area (Å²) in [4.78, 5) is 38.3. The van der Waals surface area contributed by atoms with Crippen molar-refractivity contribution in [2.24, 2.45) is 0 Å². The Morgan fingerprint density at radius 2 is 1.76 bits per heavy atom. The number of ether oxygens (including phenoxy) is 1. The third-order valence-electron chi connectivity index (χ3n) is 4.81. The molecule has 0 saturated carbocycles. The van der Waals surface area contributed by atoms with Crippen molar-refractivity contribution in [1.82, 2.24) is 4.90 Å². The van der Waals surface area contributed by atoms with E-state index in [9.17, 15) is 23.2 Å². The molecule has 0 atom stereocenters. The van der Waals surface area contributed by atoms with Gasteiger partial charge in [0.15, 0.2) is 0 Å². The van der Waals surface area contributed by atoms with E-state index in [2.05, 4.69) is 5.32 Å². The molecule has 1 fully saturated rings. The van der Waals surface area contributed by atoms with Gasteiger partial charge in [0.2, 0.25) is 5.91 Å². The number of rotatable bonds is 7. The third kappa shape index (κ3) is 5.68. The molecule has 1 aliphatic rings. The van der Waals surface area contributed by atoms with Crippen LogP contribution in [0.3, 0.4) is 0 Å². The highest BCUT2D eigenvalue weighted by Crippen LogP contribution is 2.32. The van der Waals surface area contributed by atoms with Crippen LogP contribution >= 0.6 is 11.8 Å². The largest absolute Gasteiger partial charge is 0.489 e. The van der Waals surface area contributed by atoms with Crippen LogP contribution in [0.1, 0.15) is 11.1 Å². The fourth-order valence-electron chi connectivity index (χ4n) is 3.14. The highest BCUT2D eigenvalue weighted by Gasteiger charge is 2.36. The smallest absolute Gasteiger partial charge is 0.294 e. The van der Waals surface area contributed by atoms with Crippen molar-refractivity contribution in [3.05, 3.63) is 100 Å². The number of nitrogens with one attached hydrogen (secondary N) is 1.